The molecule has 0 unspecified atom stereocenters. The smallest absolute Gasteiger partial charge is 0.291 e. The van der Waals surface area contributed by atoms with Gasteiger partial charge in [0, 0.05) is 31.9 Å². The van der Waals surface area contributed by atoms with E-state index in [1.54, 1.807) is 6.07 Å². The van der Waals surface area contributed by atoms with Crippen LogP contribution in [0.2, 0.25) is 0 Å². The molecule has 4 nitrogen and oxygen atoms in total. The van der Waals surface area contributed by atoms with Crippen LogP contribution in [0.5, 0.6) is 0 Å². The molecule has 1 N–H and O–H groups in total. The van der Waals surface area contributed by atoms with E-state index in [1.165, 1.54) is 27.9 Å². The standard InChI is InChI=1S/C31H32N2O2/c1-21-18-22(2)29(23(3)19-21)20-28-16-17-30(35-28)31(34)32-26-12-8-24(9-13-26)6-7-25-10-14-27(15-11-25)33(4)5/h6-19H,20H2,1-5H3,(H,32,34)/b7-6+. The number of carbonyl (C=O) groups excluding carboxylic acids is 1. The number of benzene rings is 3. The van der Waals surface area contributed by atoms with Gasteiger partial charge >= 0.3 is 0 Å². The Morgan fingerprint density at radius 3 is 1.97 bits per heavy atom. The highest BCUT2D eigenvalue weighted by Crippen LogP contribution is 2.22. The van der Waals surface area contributed by atoms with Gasteiger partial charge in [0.05, 0.1) is 0 Å². The second-order valence-corrected chi connectivity index (χ2v) is 9.22. The van der Waals surface area contributed by atoms with Crippen LogP contribution in [0.1, 0.15) is 49.7 Å². The van der Waals surface area contributed by atoms with E-state index in [4.69, 9.17) is 4.42 Å². The number of amides is 1. The predicted molar refractivity (Wildman–Crippen MR) is 146 cm³/mol. The van der Waals surface area contributed by atoms with Gasteiger partial charge < -0.3 is 14.6 Å². The van der Waals surface area contributed by atoms with E-state index in [-0.39, 0.29) is 5.91 Å². The average molecular weight is 465 g/mol. The zero-order valence-corrected chi connectivity index (χ0v) is 21.1. The van der Waals surface area contributed by atoms with Crippen molar-refractivity contribution in [3.05, 3.63) is 118 Å². The summed E-state index contributed by atoms with van der Waals surface area (Å²) in [4.78, 5) is 14.8. The summed E-state index contributed by atoms with van der Waals surface area (Å²) in [6.45, 7) is 6.34. The number of anilines is 2. The normalized spacial score (nSPS) is 11.1. The zero-order valence-electron chi connectivity index (χ0n) is 21.1. The summed E-state index contributed by atoms with van der Waals surface area (Å²) in [6.07, 6.45) is 4.81. The summed E-state index contributed by atoms with van der Waals surface area (Å²) >= 11 is 0. The van der Waals surface area contributed by atoms with Crippen molar-refractivity contribution in [3.63, 3.8) is 0 Å². The molecule has 4 rings (SSSR count). The molecule has 4 heteroatoms. The molecule has 0 saturated heterocycles. The van der Waals surface area contributed by atoms with E-state index in [0.717, 1.165) is 22.6 Å². The minimum atomic E-state index is -0.252. The van der Waals surface area contributed by atoms with E-state index in [2.05, 4.69) is 79.5 Å². The fourth-order valence-corrected chi connectivity index (χ4v) is 4.20. The Bertz CT molecular complexity index is 1320. The van der Waals surface area contributed by atoms with Crippen molar-refractivity contribution in [1.29, 1.82) is 0 Å². The molecule has 1 heterocycles. The Morgan fingerprint density at radius 1 is 0.829 bits per heavy atom. The molecule has 0 aliphatic heterocycles. The molecule has 0 aliphatic carbocycles. The molecule has 1 aromatic heterocycles. The Kier molecular flexibility index (Phi) is 7.21. The first-order chi connectivity index (χ1) is 16.8. The molecule has 4 aromatic rings. The maximum Gasteiger partial charge on any atom is 0.291 e. The first-order valence-electron chi connectivity index (χ1n) is 11.8. The Labute approximate surface area is 207 Å². The van der Waals surface area contributed by atoms with Gasteiger partial charge in [-0.05, 0) is 85.0 Å². The van der Waals surface area contributed by atoms with Crippen LogP contribution in [0.25, 0.3) is 12.2 Å². The average Bonchev–Trinajstić information content (AvgIpc) is 3.30. The van der Waals surface area contributed by atoms with Gasteiger partial charge in [0.2, 0.25) is 0 Å². The van der Waals surface area contributed by atoms with Gasteiger partial charge in [0.1, 0.15) is 5.76 Å². The molecular formula is C31H32N2O2. The molecule has 0 saturated carbocycles. The third-order valence-corrected chi connectivity index (χ3v) is 6.12. The number of rotatable bonds is 7. The Hall–Kier alpha value is -4.05. The first kappa shape index (κ1) is 24.1. The maximum atomic E-state index is 12.7. The van der Waals surface area contributed by atoms with Crippen LogP contribution in [-0.4, -0.2) is 20.0 Å². The van der Waals surface area contributed by atoms with Gasteiger partial charge in [-0.3, -0.25) is 4.79 Å². The Morgan fingerprint density at radius 2 is 1.40 bits per heavy atom. The molecule has 178 valence electrons. The third kappa shape index (κ3) is 6.10. The number of nitrogens with zero attached hydrogens (tertiary/aromatic N) is 1. The van der Waals surface area contributed by atoms with Crippen LogP contribution >= 0.6 is 0 Å². The lowest BCUT2D eigenvalue weighted by atomic mass is 9.97. The quantitative estimate of drug-likeness (QED) is 0.292. The van der Waals surface area contributed by atoms with Crippen LogP contribution < -0.4 is 10.2 Å². The number of nitrogens with one attached hydrogen (secondary N) is 1. The van der Waals surface area contributed by atoms with Gasteiger partial charge in [-0.1, -0.05) is 54.1 Å². The molecule has 0 atom stereocenters. The van der Waals surface area contributed by atoms with Crippen LogP contribution in [0, 0.1) is 20.8 Å². The second-order valence-electron chi connectivity index (χ2n) is 9.22. The molecule has 0 fully saturated rings. The monoisotopic (exact) mass is 464 g/mol. The number of hydrogen-bond donors (Lipinski definition) is 1. The zero-order chi connectivity index (χ0) is 24.9. The van der Waals surface area contributed by atoms with Crippen LogP contribution in [0.3, 0.4) is 0 Å². The fourth-order valence-electron chi connectivity index (χ4n) is 4.20. The number of furan rings is 1. The van der Waals surface area contributed by atoms with E-state index < -0.39 is 0 Å². The highest BCUT2D eigenvalue weighted by molar-refractivity contribution is 6.02. The molecule has 0 bridgehead atoms. The number of aryl methyl sites for hydroxylation is 3. The summed E-state index contributed by atoms with van der Waals surface area (Å²) in [5.74, 6) is 0.842. The van der Waals surface area contributed by atoms with Crippen molar-refractivity contribution in [2.45, 2.75) is 27.2 Å². The topological polar surface area (TPSA) is 45.5 Å². The van der Waals surface area contributed by atoms with Gasteiger partial charge in [-0.25, -0.2) is 0 Å². The molecule has 35 heavy (non-hydrogen) atoms. The van der Waals surface area contributed by atoms with Crippen molar-refractivity contribution < 1.29 is 9.21 Å². The van der Waals surface area contributed by atoms with E-state index >= 15 is 0 Å². The predicted octanol–water partition coefficient (Wildman–Crippen LogP) is 7.28. The summed E-state index contributed by atoms with van der Waals surface area (Å²) in [6, 6.07) is 24.1. The molecular weight excluding hydrogens is 432 g/mol. The van der Waals surface area contributed by atoms with Crippen molar-refractivity contribution >= 4 is 29.4 Å². The van der Waals surface area contributed by atoms with Crippen molar-refractivity contribution in [3.8, 4) is 0 Å². The Balaban J connectivity index is 1.37. The van der Waals surface area contributed by atoms with E-state index in [9.17, 15) is 4.79 Å². The molecule has 1 amide bonds. The van der Waals surface area contributed by atoms with Crippen molar-refractivity contribution in [1.82, 2.24) is 0 Å². The summed E-state index contributed by atoms with van der Waals surface area (Å²) < 4.78 is 5.87. The maximum absolute atomic E-state index is 12.7. The number of hydrogen-bond acceptors (Lipinski definition) is 3. The van der Waals surface area contributed by atoms with E-state index in [1.807, 2.05) is 44.4 Å². The highest BCUT2D eigenvalue weighted by atomic mass is 16.3. The summed E-state index contributed by atoms with van der Waals surface area (Å²) in [5, 5.41) is 2.92. The fraction of sp³-hybridized carbons (Fsp3) is 0.194. The second kappa shape index (κ2) is 10.5. The van der Waals surface area contributed by atoms with Crippen molar-refractivity contribution in [2.24, 2.45) is 0 Å². The molecule has 3 aromatic carbocycles. The van der Waals surface area contributed by atoms with Crippen molar-refractivity contribution in [2.75, 3.05) is 24.3 Å². The molecule has 0 aliphatic rings. The summed E-state index contributed by atoms with van der Waals surface area (Å²) in [5.41, 5.74) is 9.07. The molecule has 0 radical (unpaired) electrons. The summed E-state index contributed by atoms with van der Waals surface area (Å²) in [7, 11) is 4.06. The minimum absolute atomic E-state index is 0.252. The lowest BCUT2D eigenvalue weighted by Crippen LogP contribution is -2.10. The SMILES string of the molecule is Cc1cc(C)c(Cc2ccc(C(=O)Nc3ccc(/C=C/c4ccc(N(C)C)cc4)cc3)o2)c(C)c1. The van der Waals surface area contributed by atoms with E-state index in [0.29, 0.717) is 12.2 Å². The lowest BCUT2D eigenvalue weighted by molar-refractivity contribution is 0.0995. The van der Waals surface area contributed by atoms with Gasteiger partial charge in [0.15, 0.2) is 5.76 Å². The third-order valence-electron chi connectivity index (χ3n) is 6.12. The van der Waals surface area contributed by atoms with Crippen LogP contribution in [0.4, 0.5) is 11.4 Å². The molecule has 0 spiro atoms. The van der Waals surface area contributed by atoms with Gasteiger partial charge in [-0.2, -0.15) is 0 Å². The minimum Gasteiger partial charge on any atom is -0.456 e. The van der Waals surface area contributed by atoms with Gasteiger partial charge in [0.25, 0.3) is 5.91 Å². The largest absolute Gasteiger partial charge is 0.456 e. The highest BCUT2D eigenvalue weighted by Gasteiger charge is 2.13. The van der Waals surface area contributed by atoms with Crippen LogP contribution in [0.15, 0.2) is 77.2 Å². The van der Waals surface area contributed by atoms with Crippen LogP contribution in [-0.2, 0) is 6.42 Å². The first-order valence-corrected chi connectivity index (χ1v) is 11.8. The van der Waals surface area contributed by atoms with Gasteiger partial charge in [-0.15, -0.1) is 0 Å². The lowest BCUT2D eigenvalue weighted by Gasteiger charge is -2.11. The number of carbonyl (C=O) groups is 1.